The van der Waals surface area contributed by atoms with Crippen molar-refractivity contribution in [2.75, 3.05) is 0 Å². The zero-order valence-corrected chi connectivity index (χ0v) is 13.3. The first-order chi connectivity index (χ1) is 10.8. The van der Waals surface area contributed by atoms with E-state index < -0.39 is 6.36 Å². The number of benzene rings is 2. The third-order valence-corrected chi connectivity index (χ3v) is 4.29. The molecule has 0 N–H and O–H groups in total. The summed E-state index contributed by atoms with van der Waals surface area (Å²) in [6.07, 6.45) is -4.74. The second kappa shape index (κ2) is 5.88. The van der Waals surface area contributed by atoms with Gasteiger partial charge in [0.15, 0.2) is 0 Å². The summed E-state index contributed by atoms with van der Waals surface area (Å²) in [5.74, 6) is -0.576. The number of carbonyl (C=O) groups is 1. The number of nitrogens with zero attached hydrogens (tertiary/aromatic N) is 1. The minimum atomic E-state index is -4.74. The van der Waals surface area contributed by atoms with Gasteiger partial charge in [-0.05, 0) is 41.5 Å². The maximum absolute atomic E-state index is 12.5. The molecule has 0 unspecified atom stereocenters. The molecule has 23 heavy (non-hydrogen) atoms. The van der Waals surface area contributed by atoms with Crippen molar-refractivity contribution >= 4 is 21.8 Å². The Balaban J connectivity index is 1.74. The average Bonchev–Trinajstić information content (AvgIpc) is 2.91. The van der Waals surface area contributed by atoms with E-state index in [1.165, 1.54) is 12.1 Å². The Labute approximate surface area is 138 Å². The number of hydrogen-bond donors (Lipinski definition) is 0. The highest BCUT2D eigenvalue weighted by Crippen LogP contribution is 2.30. The molecule has 1 amide bonds. The van der Waals surface area contributed by atoms with E-state index in [4.69, 9.17) is 0 Å². The topological polar surface area (TPSA) is 29.5 Å². The number of hydrogen-bond acceptors (Lipinski definition) is 2. The molecule has 120 valence electrons. The predicted molar refractivity (Wildman–Crippen MR) is 80.8 cm³/mol. The van der Waals surface area contributed by atoms with Gasteiger partial charge in [0.05, 0.1) is 0 Å². The Hall–Kier alpha value is -2.02. The standard InChI is InChI=1S/C16H11BrF3NO2/c17-14-3-1-2-11-8-21(9-13(11)14)15(22)10-4-6-12(7-5-10)23-16(18,19)20/h1-7H,8-9H2. The zero-order valence-electron chi connectivity index (χ0n) is 11.7. The lowest BCUT2D eigenvalue weighted by atomic mass is 10.1. The highest BCUT2D eigenvalue weighted by Gasteiger charge is 2.31. The van der Waals surface area contributed by atoms with Gasteiger partial charge in [0, 0.05) is 23.1 Å². The number of ether oxygens (including phenoxy) is 1. The van der Waals surface area contributed by atoms with Crippen LogP contribution in [0.2, 0.25) is 0 Å². The van der Waals surface area contributed by atoms with Gasteiger partial charge in [0.2, 0.25) is 0 Å². The molecule has 0 spiro atoms. The van der Waals surface area contributed by atoms with Crippen molar-refractivity contribution in [1.82, 2.24) is 4.90 Å². The Morgan fingerprint density at radius 2 is 1.78 bits per heavy atom. The summed E-state index contributed by atoms with van der Waals surface area (Å²) in [5, 5.41) is 0. The Morgan fingerprint density at radius 3 is 2.39 bits per heavy atom. The zero-order chi connectivity index (χ0) is 16.6. The molecule has 0 saturated carbocycles. The molecule has 3 rings (SSSR count). The fourth-order valence-electron chi connectivity index (χ4n) is 2.51. The number of fused-ring (bicyclic) bond motifs is 1. The van der Waals surface area contributed by atoms with E-state index in [0.717, 1.165) is 27.7 Å². The van der Waals surface area contributed by atoms with Crippen LogP contribution in [0.15, 0.2) is 46.9 Å². The Kier molecular flexibility index (Phi) is 4.06. The van der Waals surface area contributed by atoms with Gasteiger partial charge in [-0.2, -0.15) is 0 Å². The van der Waals surface area contributed by atoms with E-state index in [1.807, 2.05) is 18.2 Å². The molecule has 0 bridgehead atoms. The number of rotatable bonds is 2. The van der Waals surface area contributed by atoms with Crippen molar-refractivity contribution in [3.63, 3.8) is 0 Å². The minimum absolute atomic E-state index is 0.230. The van der Waals surface area contributed by atoms with Crippen LogP contribution in [0.25, 0.3) is 0 Å². The predicted octanol–water partition coefficient (Wildman–Crippen LogP) is 4.50. The summed E-state index contributed by atoms with van der Waals surface area (Å²) in [6.45, 7) is 0.949. The molecule has 0 saturated heterocycles. The molecule has 3 nitrogen and oxygen atoms in total. The summed E-state index contributed by atoms with van der Waals surface area (Å²) in [7, 11) is 0. The fourth-order valence-corrected chi connectivity index (χ4v) is 3.04. The van der Waals surface area contributed by atoms with Crippen molar-refractivity contribution in [3.8, 4) is 5.75 Å². The van der Waals surface area contributed by atoms with Crippen LogP contribution in [-0.4, -0.2) is 17.2 Å². The van der Waals surface area contributed by atoms with Gasteiger partial charge in [-0.25, -0.2) is 0 Å². The van der Waals surface area contributed by atoms with Gasteiger partial charge in [0.25, 0.3) is 5.91 Å². The Bertz CT molecular complexity index is 744. The van der Waals surface area contributed by atoms with E-state index in [0.29, 0.717) is 18.7 Å². The van der Waals surface area contributed by atoms with Crippen molar-refractivity contribution in [3.05, 3.63) is 63.6 Å². The number of alkyl halides is 3. The molecule has 1 heterocycles. The Morgan fingerprint density at radius 1 is 1.09 bits per heavy atom. The lowest BCUT2D eigenvalue weighted by molar-refractivity contribution is -0.274. The molecule has 0 aromatic heterocycles. The maximum Gasteiger partial charge on any atom is 0.573 e. The van der Waals surface area contributed by atoms with Gasteiger partial charge in [0.1, 0.15) is 5.75 Å². The molecular formula is C16H11BrF3NO2. The van der Waals surface area contributed by atoms with Crippen LogP contribution in [-0.2, 0) is 13.1 Å². The monoisotopic (exact) mass is 385 g/mol. The van der Waals surface area contributed by atoms with Crippen LogP contribution in [0, 0.1) is 0 Å². The first-order valence-corrected chi connectivity index (χ1v) is 7.54. The average molecular weight is 386 g/mol. The van der Waals surface area contributed by atoms with Crippen LogP contribution in [0.4, 0.5) is 13.2 Å². The third-order valence-electron chi connectivity index (χ3n) is 3.55. The van der Waals surface area contributed by atoms with Gasteiger partial charge in [-0.3, -0.25) is 4.79 Å². The molecule has 0 radical (unpaired) electrons. The second-order valence-corrected chi connectivity index (χ2v) is 5.97. The van der Waals surface area contributed by atoms with Gasteiger partial charge in [-0.15, -0.1) is 13.2 Å². The largest absolute Gasteiger partial charge is 0.573 e. The SMILES string of the molecule is O=C(c1ccc(OC(F)(F)F)cc1)N1Cc2cccc(Br)c2C1. The quantitative estimate of drug-likeness (QED) is 0.761. The van der Waals surface area contributed by atoms with E-state index in [1.54, 1.807) is 4.90 Å². The number of amides is 1. The lowest BCUT2D eigenvalue weighted by Crippen LogP contribution is -2.25. The normalized spacial score (nSPS) is 13.8. The number of carbonyl (C=O) groups excluding carboxylic acids is 1. The smallest absolute Gasteiger partial charge is 0.406 e. The van der Waals surface area contributed by atoms with Crippen LogP contribution in [0.5, 0.6) is 5.75 Å². The second-order valence-electron chi connectivity index (χ2n) is 5.11. The molecular weight excluding hydrogens is 375 g/mol. The minimum Gasteiger partial charge on any atom is -0.406 e. The van der Waals surface area contributed by atoms with Crippen LogP contribution in [0.3, 0.4) is 0 Å². The lowest BCUT2D eigenvalue weighted by Gasteiger charge is -2.16. The fraction of sp³-hybridized carbons (Fsp3) is 0.188. The van der Waals surface area contributed by atoms with Crippen molar-refractivity contribution in [1.29, 1.82) is 0 Å². The van der Waals surface area contributed by atoms with Crippen molar-refractivity contribution in [2.45, 2.75) is 19.5 Å². The molecule has 0 atom stereocenters. The summed E-state index contributed by atoms with van der Waals surface area (Å²) in [4.78, 5) is 14.1. The summed E-state index contributed by atoms with van der Waals surface area (Å²) < 4.78 is 41.1. The maximum atomic E-state index is 12.5. The van der Waals surface area contributed by atoms with E-state index in [9.17, 15) is 18.0 Å². The highest BCUT2D eigenvalue weighted by molar-refractivity contribution is 9.10. The van der Waals surface area contributed by atoms with Crippen LogP contribution < -0.4 is 4.74 Å². The summed E-state index contributed by atoms with van der Waals surface area (Å²) >= 11 is 3.46. The van der Waals surface area contributed by atoms with E-state index >= 15 is 0 Å². The van der Waals surface area contributed by atoms with Gasteiger partial charge >= 0.3 is 6.36 Å². The molecule has 1 aliphatic heterocycles. The molecule has 7 heteroatoms. The van der Waals surface area contributed by atoms with Gasteiger partial charge < -0.3 is 9.64 Å². The van der Waals surface area contributed by atoms with Gasteiger partial charge in [-0.1, -0.05) is 28.1 Å². The highest BCUT2D eigenvalue weighted by atomic mass is 79.9. The van der Waals surface area contributed by atoms with Crippen molar-refractivity contribution in [2.24, 2.45) is 0 Å². The molecule has 0 aliphatic carbocycles. The molecule has 0 fully saturated rings. The first-order valence-electron chi connectivity index (χ1n) is 6.75. The summed E-state index contributed by atoms with van der Waals surface area (Å²) in [6, 6.07) is 10.7. The van der Waals surface area contributed by atoms with Crippen LogP contribution >= 0.6 is 15.9 Å². The molecule has 1 aliphatic rings. The number of halogens is 4. The summed E-state index contributed by atoms with van der Waals surface area (Å²) in [5.41, 5.74) is 2.44. The molecule has 2 aromatic rings. The van der Waals surface area contributed by atoms with E-state index in [2.05, 4.69) is 20.7 Å². The van der Waals surface area contributed by atoms with Crippen molar-refractivity contribution < 1.29 is 22.7 Å². The van der Waals surface area contributed by atoms with Crippen LogP contribution in [0.1, 0.15) is 21.5 Å². The molecule has 2 aromatic carbocycles. The first kappa shape index (κ1) is 15.9. The third kappa shape index (κ3) is 3.50. The van der Waals surface area contributed by atoms with E-state index in [-0.39, 0.29) is 11.7 Å².